The van der Waals surface area contributed by atoms with Gasteiger partial charge in [0.15, 0.2) is 0 Å². The van der Waals surface area contributed by atoms with Gasteiger partial charge in [-0.05, 0) is 36.0 Å². The fourth-order valence-electron chi connectivity index (χ4n) is 2.05. The minimum absolute atomic E-state index is 0.0551. The minimum atomic E-state index is -0.975. The van der Waals surface area contributed by atoms with Crippen molar-refractivity contribution in [1.29, 1.82) is 0 Å². The van der Waals surface area contributed by atoms with Crippen molar-refractivity contribution in [2.45, 2.75) is 6.10 Å². The van der Waals surface area contributed by atoms with Crippen LogP contribution in [0.3, 0.4) is 0 Å². The van der Waals surface area contributed by atoms with Crippen LogP contribution in [0.2, 0.25) is 0 Å². The quantitative estimate of drug-likeness (QED) is 0.732. The monoisotopic (exact) mass is 313 g/mol. The van der Waals surface area contributed by atoms with Crippen molar-refractivity contribution in [3.8, 4) is 0 Å². The lowest BCUT2D eigenvalue weighted by Crippen LogP contribution is -2.26. The Kier molecular flexibility index (Phi) is 6.08. The molecule has 1 aromatic carbocycles. The number of thiophene rings is 1. The molecule has 0 aliphatic rings. The maximum absolute atomic E-state index is 13.9. The smallest absolute Gasteiger partial charge is 0.130 e. The van der Waals surface area contributed by atoms with Crippen molar-refractivity contribution < 1.29 is 19.3 Å². The molecule has 0 amide bonds. The van der Waals surface area contributed by atoms with Gasteiger partial charge in [0.2, 0.25) is 0 Å². The topological polar surface area (TPSA) is 52.9 Å². The number of rotatable bonds is 8. The molecule has 1 atom stereocenters. The van der Waals surface area contributed by atoms with E-state index < -0.39 is 11.9 Å². The summed E-state index contributed by atoms with van der Waals surface area (Å²) in [6, 6.07) is 5.03. The number of halogens is 1. The minimum Gasteiger partial charge on any atom is -0.395 e. The second-order valence-electron chi connectivity index (χ2n) is 4.95. The van der Waals surface area contributed by atoms with Crippen molar-refractivity contribution in [3.05, 3.63) is 35.0 Å². The van der Waals surface area contributed by atoms with Gasteiger partial charge in [-0.15, -0.1) is 11.3 Å². The molecule has 2 aromatic rings. The summed E-state index contributed by atoms with van der Waals surface area (Å²) in [6.45, 7) is 1.81. The summed E-state index contributed by atoms with van der Waals surface area (Å²) in [5.74, 6) is -0.404. The van der Waals surface area contributed by atoms with Crippen LogP contribution in [0.15, 0.2) is 23.6 Å². The first-order valence-corrected chi connectivity index (χ1v) is 7.71. The van der Waals surface area contributed by atoms with Crippen LogP contribution in [0.1, 0.15) is 11.7 Å². The lowest BCUT2D eigenvalue weighted by molar-refractivity contribution is 0.0261. The van der Waals surface area contributed by atoms with Gasteiger partial charge in [0, 0.05) is 23.4 Å². The molecular formula is C15H20FNO3S. The Bertz CT molecular complexity index is 575. The van der Waals surface area contributed by atoms with E-state index in [1.165, 1.54) is 17.4 Å². The van der Waals surface area contributed by atoms with Crippen LogP contribution in [-0.4, -0.2) is 55.1 Å². The van der Waals surface area contributed by atoms with Crippen LogP contribution in [0, 0.1) is 5.82 Å². The Hall–Kier alpha value is -1.05. The Morgan fingerprint density at radius 3 is 2.95 bits per heavy atom. The van der Waals surface area contributed by atoms with E-state index in [0.717, 1.165) is 10.1 Å². The number of ether oxygens (including phenoxy) is 1. The van der Waals surface area contributed by atoms with Gasteiger partial charge in [0.05, 0.1) is 19.8 Å². The zero-order chi connectivity index (χ0) is 15.2. The lowest BCUT2D eigenvalue weighted by Gasteiger charge is -2.16. The van der Waals surface area contributed by atoms with Crippen molar-refractivity contribution >= 4 is 21.4 Å². The van der Waals surface area contributed by atoms with Crippen LogP contribution < -0.4 is 0 Å². The zero-order valence-corrected chi connectivity index (χ0v) is 12.8. The number of benzene rings is 1. The lowest BCUT2D eigenvalue weighted by atomic mass is 10.1. The normalized spacial score (nSPS) is 13.2. The van der Waals surface area contributed by atoms with E-state index in [4.69, 9.17) is 9.84 Å². The van der Waals surface area contributed by atoms with Gasteiger partial charge in [-0.25, -0.2) is 4.39 Å². The maximum Gasteiger partial charge on any atom is 0.130 e. The molecule has 1 aromatic heterocycles. The predicted octanol–water partition coefficient (Wildman–Crippen LogP) is 2.01. The van der Waals surface area contributed by atoms with E-state index in [1.807, 2.05) is 23.4 Å². The van der Waals surface area contributed by atoms with Crippen LogP contribution in [0.5, 0.6) is 0 Å². The number of likely N-dealkylation sites (N-methyl/N-ethyl adjacent to an activating group) is 1. The maximum atomic E-state index is 13.9. The standard InChI is InChI=1S/C15H20FNO3S/c1-17(3-5-18)4-6-20-10-14(19)12-8-11-2-7-21-15(11)9-13(12)16/h2,7-9,14,18-19H,3-6,10H2,1H3/t14-/m1/s1. The van der Waals surface area contributed by atoms with E-state index in [9.17, 15) is 9.50 Å². The molecule has 2 rings (SSSR count). The van der Waals surface area contributed by atoms with Gasteiger partial charge in [-0.1, -0.05) is 0 Å². The second-order valence-corrected chi connectivity index (χ2v) is 5.90. The first-order valence-electron chi connectivity index (χ1n) is 6.83. The van der Waals surface area contributed by atoms with Crippen molar-refractivity contribution in [3.63, 3.8) is 0 Å². The first kappa shape index (κ1) is 16.3. The highest BCUT2D eigenvalue weighted by molar-refractivity contribution is 7.17. The number of hydrogen-bond donors (Lipinski definition) is 2. The molecule has 0 fully saturated rings. The molecule has 0 aliphatic heterocycles. The average Bonchev–Trinajstić information content (AvgIpc) is 2.89. The summed E-state index contributed by atoms with van der Waals surface area (Å²) in [4.78, 5) is 1.92. The SMILES string of the molecule is CN(CCO)CCOC[C@@H](O)c1cc2ccsc2cc1F. The molecule has 0 radical (unpaired) electrons. The molecule has 6 heteroatoms. The number of nitrogens with zero attached hydrogens (tertiary/aromatic N) is 1. The van der Waals surface area contributed by atoms with Crippen LogP contribution in [0.4, 0.5) is 4.39 Å². The number of aliphatic hydroxyl groups excluding tert-OH is 2. The van der Waals surface area contributed by atoms with Gasteiger partial charge in [0.1, 0.15) is 11.9 Å². The molecule has 2 N–H and O–H groups in total. The van der Waals surface area contributed by atoms with E-state index in [2.05, 4.69) is 0 Å². The third kappa shape index (κ3) is 4.46. The summed E-state index contributed by atoms with van der Waals surface area (Å²) in [6.07, 6.45) is -0.975. The third-order valence-electron chi connectivity index (χ3n) is 3.31. The van der Waals surface area contributed by atoms with Crippen molar-refractivity contribution in [2.75, 3.05) is 40.0 Å². The Morgan fingerprint density at radius 2 is 2.19 bits per heavy atom. The summed E-state index contributed by atoms with van der Waals surface area (Å²) in [7, 11) is 1.88. The fraction of sp³-hybridized carbons (Fsp3) is 0.467. The molecule has 0 saturated heterocycles. The van der Waals surface area contributed by atoms with E-state index in [1.54, 1.807) is 6.07 Å². The molecule has 116 valence electrons. The van der Waals surface area contributed by atoms with Crippen LogP contribution in [-0.2, 0) is 4.74 Å². The van der Waals surface area contributed by atoms with Gasteiger partial charge in [-0.3, -0.25) is 0 Å². The number of fused-ring (bicyclic) bond motifs is 1. The molecule has 0 unspecified atom stereocenters. The molecule has 1 heterocycles. The van der Waals surface area contributed by atoms with Gasteiger partial charge in [0.25, 0.3) is 0 Å². The Balaban J connectivity index is 1.87. The third-order valence-corrected chi connectivity index (χ3v) is 4.19. The molecule has 4 nitrogen and oxygen atoms in total. The van der Waals surface area contributed by atoms with E-state index in [-0.39, 0.29) is 18.8 Å². The Morgan fingerprint density at radius 1 is 1.38 bits per heavy atom. The zero-order valence-electron chi connectivity index (χ0n) is 12.0. The molecule has 21 heavy (non-hydrogen) atoms. The fourth-order valence-corrected chi connectivity index (χ4v) is 2.84. The molecule has 0 saturated carbocycles. The summed E-state index contributed by atoms with van der Waals surface area (Å²) >= 11 is 1.47. The van der Waals surface area contributed by atoms with Gasteiger partial charge in [-0.2, -0.15) is 0 Å². The van der Waals surface area contributed by atoms with Crippen LogP contribution >= 0.6 is 11.3 Å². The van der Waals surface area contributed by atoms with Gasteiger partial charge >= 0.3 is 0 Å². The number of aliphatic hydroxyl groups is 2. The highest BCUT2D eigenvalue weighted by Gasteiger charge is 2.14. The number of hydrogen-bond acceptors (Lipinski definition) is 5. The second kappa shape index (κ2) is 7.82. The first-order chi connectivity index (χ1) is 10.1. The molecular weight excluding hydrogens is 293 g/mol. The molecule has 0 bridgehead atoms. The van der Waals surface area contributed by atoms with E-state index >= 15 is 0 Å². The summed E-state index contributed by atoms with van der Waals surface area (Å²) in [5.41, 5.74) is 0.268. The highest BCUT2D eigenvalue weighted by Crippen LogP contribution is 2.27. The Labute approximate surface area is 127 Å². The summed E-state index contributed by atoms with van der Waals surface area (Å²) < 4.78 is 20.2. The predicted molar refractivity (Wildman–Crippen MR) is 82.1 cm³/mol. The summed E-state index contributed by atoms with van der Waals surface area (Å²) in [5, 5.41) is 21.6. The average molecular weight is 313 g/mol. The van der Waals surface area contributed by atoms with Crippen molar-refractivity contribution in [2.24, 2.45) is 0 Å². The molecule has 0 spiro atoms. The molecule has 0 aliphatic carbocycles. The highest BCUT2D eigenvalue weighted by atomic mass is 32.1. The largest absolute Gasteiger partial charge is 0.395 e. The van der Waals surface area contributed by atoms with E-state index in [0.29, 0.717) is 19.7 Å². The van der Waals surface area contributed by atoms with Gasteiger partial charge < -0.3 is 19.8 Å². The van der Waals surface area contributed by atoms with Crippen LogP contribution in [0.25, 0.3) is 10.1 Å². The van der Waals surface area contributed by atoms with Crippen molar-refractivity contribution in [1.82, 2.24) is 4.90 Å².